The summed E-state index contributed by atoms with van der Waals surface area (Å²) in [6, 6.07) is 9.69. The maximum absolute atomic E-state index is 13.0. The van der Waals surface area contributed by atoms with Gasteiger partial charge in [-0.1, -0.05) is 42.5 Å². The maximum Gasteiger partial charge on any atom is 0.270 e. The Hall–Kier alpha value is -2.52. The van der Waals surface area contributed by atoms with Crippen LogP contribution in [0, 0.1) is 0 Å². The molecule has 0 aromatic heterocycles. The van der Waals surface area contributed by atoms with Gasteiger partial charge in [-0.25, -0.2) is 13.4 Å². The fourth-order valence-electron chi connectivity index (χ4n) is 4.20. The van der Waals surface area contributed by atoms with E-state index >= 15 is 0 Å². The lowest BCUT2D eigenvalue weighted by atomic mass is 10.1. The molecule has 2 fully saturated rings. The minimum Gasteiger partial charge on any atom is -0.335 e. The van der Waals surface area contributed by atoms with E-state index in [1.165, 1.54) is 10.6 Å². The average Bonchev–Trinajstić information content (AvgIpc) is 3.14. The zero-order valence-corrected chi connectivity index (χ0v) is 18.3. The molecule has 3 aliphatic rings. The van der Waals surface area contributed by atoms with Gasteiger partial charge in [0.1, 0.15) is 5.71 Å². The van der Waals surface area contributed by atoms with Gasteiger partial charge < -0.3 is 4.90 Å². The van der Waals surface area contributed by atoms with Crippen LogP contribution in [0.3, 0.4) is 0 Å². The molecule has 0 N–H and O–H groups in total. The molecular formula is C22H28N4O4S. The molecule has 1 aromatic rings. The zero-order chi connectivity index (χ0) is 21.8. The molecular weight excluding hydrogens is 416 g/mol. The van der Waals surface area contributed by atoms with E-state index in [9.17, 15) is 18.0 Å². The molecule has 3 aliphatic heterocycles. The molecule has 4 rings (SSSR count). The van der Waals surface area contributed by atoms with Gasteiger partial charge in [-0.15, -0.1) is 0 Å². The van der Waals surface area contributed by atoms with E-state index in [4.69, 9.17) is 0 Å². The Labute approximate surface area is 183 Å². The molecule has 9 heteroatoms. The van der Waals surface area contributed by atoms with Gasteiger partial charge >= 0.3 is 0 Å². The Balaban J connectivity index is 1.31. The number of hydrogen-bond donors (Lipinski definition) is 0. The minimum atomic E-state index is -3.13. The second-order valence-electron chi connectivity index (χ2n) is 8.25. The lowest BCUT2D eigenvalue weighted by molar-refractivity contribution is -0.134. The van der Waals surface area contributed by atoms with Crippen LogP contribution in [0.1, 0.15) is 24.8 Å². The van der Waals surface area contributed by atoms with Crippen LogP contribution >= 0.6 is 0 Å². The van der Waals surface area contributed by atoms with Crippen molar-refractivity contribution in [2.75, 3.05) is 44.2 Å². The molecule has 0 spiro atoms. The molecule has 0 bridgehead atoms. The van der Waals surface area contributed by atoms with Crippen molar-refractivity contribution < 1.29 is 18.0 Å². The van der Waals surface area contributed by atoms with E-state index in [1.807, 2.05) is 18.2 Å². The number of nitrogens with zero attached hydrogens (tertiary/aromatic N) is 4. The monoisotopic (exact) mass is 444 g/mol. The molecule has 0 aliphatic carbocycles. The fourth-order valence-corrected chi connectivity index (χ4v) is 5.89. The topological polar surface area (TPSA) is 90.4 Å². The van der Waals surface area contributed by atoms with Gasteiger partial charge in [-0.3, -0.25) is 14.5 Å². The number of piperazine rings is 1. The highest BCUT2D eigenvalue weighted by atomic mass is 32.2. The van der Waals surface area contributed by atoms with Crippen molar-refractivity contribution in [3.05, 3.63) is 42.0 Å². The molecule has 1 atom stereocenters. The summed E-state index contributed by atoms with van der Waals surface area (Å²) in [5, 5.41) is 5.56. The third-order valence-electron chi connectivity index (χ3n) is 5.99. The van der Waals surface area contributed by atoms with Crippen molar-refractivity contribution in [2.24, 2.45) is 5.10 Å². The number of carbonyl (C=O) groups is 2. The molecule has 2 saturated heterocycles. The van der Waals surface area contributed by atoms with Crippen LogP contribution in [0.2, 0.25) is 0 Å². The molecule has 0 radical (unpaired) electrons. The molecule has 0 saturated carbocycles. The Morgan fingerprint density at radius 3 is 2.52 bits per heavy atom. The number of rotatable bonds is 5. The SMILES string of the molecule is O=C(C1=NN(C2CCS(=O)(=O)C2)C(=O)CC1)N1CCN(CC=Cc2ccccc2)CC1. The number of sulfone groups is 1. The Bertz CT molecular complexity index is 982. The summed E-state index contributed by atoms with van der Waals surface area (Å²) in [4.78, 5) is 29.3. The van der Waals surface area contributed by atoms with E-state index in [0.29, 0.717) is 31.6 Å². The molecule has 1 aromatic carbocycles. The zero-order valence-electron chi connectivity index (χ0n) is 17.5. The van der Waals surface area contributed by atoms with E-state index < -0.39 is 15.9 Å². The van der Waals surface area contributed by atoms with Gasteiger partial charge in [0.15, 0.2) is 9.84 Å². The lowest BCUT2D eigenvalue weighted by Gasteiger charge is -2.35. The second-order valence-corrected chi connectivity index (χ2v) is 10.5. The average molecular weight is 445 g/mol. The first-order valence-corrected chi connectivity index (χ1v) is 12.6. The van der Waals surface area contributed by atoms with Gasteiger partial charge in [0.2, 0.25) is 5.91 Å². The Morgan fingerprint density at radius 1 is 1.10 bits per heavy atom. The number of hydrogen-bond acceptors (Lipinski definition) is 6. The quantitative estimate of drug-likeness (QED) is 0.676. The lowest BCUT2D eigenvalue weighted by Crippen LogP contribution is -2.52. The first kappa shape index (κ1) is 21.7. The maximum atomic E-state index is 13.0. The van der Waals surface area contributed by atoms with Gasteiger partial charge in [0.25, 0.3) is 5.91 Å². The highest BCUT2D eigenvalue weighted by Crippen LogP contribution is 2.22. The van der Waals surface area contributed by atoms with Crippen molar-refractivity contribution >= 4 is 33.4 Å². The molecule has 166 valence electrons. The standard InChI is InChI=1S/C22H28N4O4S/c27-21-9-8-20(23-26(21)19-10-16-31(29,30)17-19)22(28)25-14-12-24(13-15-25)11-4-7-18-5-2-1-3-6-18/h1-7,19H,8-17H2. The largest absolute Gasteiger partial charge is 0.335 e. The highest BCUT2D eigenvalue weighted by molar-refractivity contribution is 7.91. The number of benzene rings is 1. The van der Waals surface area contributed by atoms with Crippen molar-refractivity contribution in [1.82, 2.24) is 14.8 Å². The van der Waals surface area contributed by atoms with Gasteiger partial charge in [-0.05, 0) is 12.0 Å². The summed E-state index contributed by atoms with van der Waals surface area (Å²) in [5.41, 5.74) is 1.53. The van der Waals surface area contributed by atoms with Crippen molar-refractivity contribution in [3.8, 4) is 0 Å². The highest BCUT2D eigenvalue weighted by Gasteiger charge is 2.38. The van der Waals surface area contributed by atoms with Crippen LogP contribution in [0.5, 0.6) is 0 Å². The van der Waals surface area contributed by atoms with Crippen molar-refractivity contribution in [3.63, 3.8) is 0 Å². The third kappa shape index (κ3) is 5.40. The predicted octanol–water partition coefficient (Wildman–Crippen LogP) is 1.01. The van der Waals surface area contributed by atoms with Crippen molar-refractivity contribution in [2.45, 2.75) is 25.3 Å². The molecule has 1 unspecified atom stereocenters. The van der Waals surface area contributed by atoms with E-state index in [0.717, 1.165) is 19.6 Å². The molecule has 2 amide bonds. The van der Waals surface area contributed by atoms with Crippen LogP contribution in [0.15, 0.2) is 41.5 Å². The van der Waals surface area contributed by atoms with Gasteiger partial charge in [0, 0.05) is 45.6 Å². The van der Waals surface area contributed by atoms with Gasteiger partial charge in [0.05, 0.1) is 17.5 Å². The van der Waals surface area contributed by atoms with Crippen LogP contribution in [-0.2, 0) is 19.4 Å². The van der Waals surface area contributed by atoms with E-state index in [1.54, 1.807) is 4.90 Å². The summed E-state index contributed by atoms with van der Waals surface area (Å²) in [7, 11) is -3.13. The van der Waals surface area contributed by atoms with E-state index in [2.05, 4.69) is 34.3 Å². The molecule has 31 heavy (non-hydrogen) atoms. The van der Waals surface area contributed by atoms with Crippen LogP contribution in [0.25, 0.3) is 6.08 Å². The van der Waals surface area contributed by atoms with Crippen LogP contribution < -0.4 is 0 Å². The van der Waals surface area contributed by atoms with Crippen LogP contribution in [-0.4, -0.2) is 91.0 Å². The predicted molar refractivity (Wildman–Crippen MR) is 119 cm³/mol. The summed E-state index contributed by atoms with van der Waals surface area (Å²) >= 11 is 0. The number of carbonyl (C=O) groups excluding carboxylic acids is 2. The summed E-state index contributed by atoms with van der Waals surface area (Å²) in [6.45, 7) is 3.62. The Morgan fingerprint density at radius 2 is 1.84 bits per heavy atom. The summed E-state index contributed by atoms with van der Waals surface area (Å²) < 4.78 is 23.5. The van der Waals surface area contributed by atoms with Gasteiger partial charge in [-0.2, -0.15) is 5.10 Å². The van der Waals surface area contributed by atoms with E-state index in [-0.39, 0.29) is 29.7 Å². The summed E-state index contributed by atoms with van der Waals surface area (Å²) in [5.74, 6) is -0.341. The van der Waals surface area contributed by atoms with Crippen molar-refractivity contribution in [1.29, 1.82) is 0 Å². The fraction of sp³-hybridized carbons (Fsp3) is 0.500. The number of hydrazone groups is 1. The minimum absolute atomic E-state index is 0.0704. The normalized spacial score (nSPS) is 24.6. The first-order valence-electron chi connectivity index (χ1n) is 10.7. The summed E-state index contributed by atoms with van der Waals surface area (Å²) in [6.07, 6.45) is 5.13. The molecule has 3 heterocycles. The first-order chi connectivity index (χ1) is 14.9. The molecule has 8 nitrogen and oxygen atoms in total. The number of amides is 2. The third-order valence-corrected chi connectivity index (χ3v) is 7.74. The second kappa shape index (κ2) is 9.32. The van der Waals surface area contributed by atoms with Crippen LogP contribution in [0.4, 0.5) is 0 Å². The Kier molecular flexibility index (Phi) is 6.52. The smallest absolute Gasteiger partial charge is 0.270 e.